The summed E-state index contributed by atoms with van der Waals surface area (Å²) < 4.78 is 31.0. The van der Waals surface area contributed by atoms with Crippen molar-refractivity contribution in [1.29, 1.82) is 5.26 Å². The van der Waals surface area contributed by atoms with Crippen molar-refractivity contribution >= 4 is 23.7 Å². The summed E-state index contributed by atoms with van der Waals surface area (Å²) in [5.41, 5.74) is 0.422. The van der Waals surface area contributed by atoms with Gasteiger partial charge in [-0.1, -0.05) is 0 Å². The minimum absolute atomic E-state index is 0.000907. The van der Waals surface area contributed by atoms with Crippen molar-refractivity contribution in [2.24, 2.45) is 4.99 Å². The highest BCUT2D eigenvalue weighted by Crippen LogP contribution is 2.19. The molecule has 0 aliphatic heterocycles. The van der Waals surface area contributed by atoms with Gasteiger partial charge >= 0.3 is 11.9 Å². The molecular formula is C24H24N2O9. The monoisotopic (exact) mass is 484 g/mol. The van der Waals surface area contributed by atoms with Crippen LogP contribution in [0.3, 0.4) is 0 Å². The summed E-state index contributed by atoms with van der Waals surface area (Å²) >= 11 is 0. The minimum Gasteiger partial charge on any atom is -0.479 e. The van der Waals surface area contributed by atoms with Crippen LogP contribution in [0.2, 0.25) is 0 Å². The number of nitriles is 1. The lowest BCUT2D eigenvalue weighted by molar-refractivity contribution is -0.154. The van der Waals surface area contributed by atoms with Crippen LogP contribution in [-0.4, -0.2) is 56.7 Å². The van der Waals surface area contributed by atoms with Crippen LogP contribution in [0.5, 0.6) is 17.2 Å². The van der Waals surface area contributed by atoms with Crippen LogP contribution in [0.15, 0.2) is 53.5 Å². The molecule has 0 N–H and O–H groups in total. The average molecular weight is 484 g/mol. The number of aliphatic imine (C=N–C) groups is 1. The zero-order valence-corrected chi connectivity index (χ0v) is 19.2. The zero-order valence-electron chi connectivity index (χ0n) is 19.2. The number of hydrogen-bond donors (Lipinski definition) is 0. The molecule has 0 aromatic heterocycles. The predicted octanol–water partition coefficient (Wildman–Crippen LogP) is 2.85. The molecule has 2 atom stereocenters. The maximum absolute atomic E-state index is 12.0. The van der Waals surface area contributed by atoms with Crippen molar-refractivity contribution in [2.75, 3.05) is 26.4 Å². The van der Waals surface area contributed by atoms with Crippen LogP contribution in [0.1, 0.15) is 13.8 Å². The van der Waals surface area contributed by atoms with Crippen LogP contribution in [0.25, 0.3) is 0 Å². The van der Waals surface area contributed by atoms with Gasteiger partial charge in [0.05, 0.1) is 18.9 Å². The first-order valence-corrected chi connectivity index (χ1v) is 10.5. The summed E-state index contributed by atoms with van der Waals surface area (Å²) in [6.07, 6.45) is 1.29. The number of nitrogens with zero attached hydrogens (tertiary/aromatic N) is 2. The summed E-state index contributed by atoms with van der Waals surface area (Å²) in [4.78, 5) is 37.7. The van der Waals surface area contributed by atoms with Crippen LogP contribution in [0.4, 0.5) is 5.69 Å². The van der Waals surface area contributed by atoms with Crippen LogP contribution >= 0.6 is 0 Å². The Balaban J connectivity index is 1.56. The van der Waals surface area contributed by atoms with Crippen molar-refractivity contribution in [2.45, 2.75) is 26.1 Å². The Hall–Kier alpha value is -4.39. The van der Waals surface area contributed by atoms with Crippen molar-refractivity contribution in [1.82, 2.24) is 0 Å². The first-order valence-electron chi connectivity index (χ1n) is 10.5. The average Bonchev–Trinajstić information content (AvgIpc) is 2.85. The molecule has 0 aliphatic rings. The molecule has 0 spiro atoms. The number of esters is 2. The van der Waals surface area contributed by atoms with Crippen molar-refractivity contribution in [3.05, 3.63) is 48.5 Å². The molecule has 11 nitrogen and oxygen atoms in total. The fraction of sp³-hybridized carbons (Fsp3) is 0.333. The molecule has 11 heteroatoms. The lowest BCUT2D eigenvalue weighted by Crippen LogP contribution is -2.28. The first kappa shape index (κ1) is 26.9. The summed E-state index contributed by atoms with van der Waals surface area (Å²) in [7, 11) is 0. The van der Waals surface area contributed by atoms with E-state index >= 15 is 0 Å². The standard InChI is InChI=1S/C24H24N2O9/c1-17(34-21-5-3-19(4-6-21)26-16-27)23(28)31-13-11-30-12-14-32-24(29)18(2)35-22-9-7-20(8-10-22)33-15-25/h3-10,17-18H,11-14H2,1-2H3. The van der Waals surface area contributed by atoms with E-state index in [1.165, 1.54) is 25.1 Å². The fourth-order valence-electron chi connectivity index (χ4n) is 2.53. The van der Waals surface area contributed by atoms with Gasteiger partial charge < -0.3 is 28.4 Å². The van der Waals surface area contributed by atoms with E-state index in [4.69, 9.17) is 28.9 Å². The van der Waals surface area contributed by atoms with Crippen LogP contribution < -0.4 is 14.2 Å². The smallest absolute Gasteiger partial charge is 0.347 e. The molecule has 2 unspecified atom stereocenters. The second-order valence-electron chi connectivity index (χ2n) is 6.83. The van der Waals surface area contributed by atoms with Gasteiger partial charge in [0.1, 0.15) is 30.5 Å². The van der Waals surface area contributed by atoms with Gasteiger partial charge in [-0.2, -0.15) is 4.99 Å². The predicted molar refractivity (Wildman–Crippen MR) is 120 cm³/mol. The van der Waals surface area contributed by atoms with Gasteiger partial charge in [0, 0.05) is 0 Å². The Morgan fingerprint density at radius 3 is 1.71 bits per heavy atom. The molecule has 2 rings (SSSR count). The van der Waals surface area contributed by atoms with Crippen molar-refractivity contribution in [3.63, 3.8) is 0 Å². The van der Waals surface area contributed by atoms with Gasteiger partial charge in [-0.3, -0.25) is 0 Å². The van der Waals surface area contributed by atoms with E-state index in [1.54, 1.807) is 49.6 Å². The van der Waals surface area contributed by atoms with Crippen molar-refractivity contribution < 1.29 is 42.8 Å². The number of rotatable bonds is 14. The largest absolute Gasteiger partial charge is 0.479 e. The van der Waals surface area contributed by atoms with E-state index in [0.29, 0.717) is 22.9 Å². The number of hydrogen-bond acceptors (Lipinski definition) is 11. The van der Waals surface area contributed by atoms with Crippen molar-refractivity contribution in [3.8, 4) is 23.5 Å². The maximum atomic E-state index is 12.0. The first-order chi connectivity index (χ1) is 16.9. The molecule has 0 saturated carbocycles. The minimum atomic E-state index is -0.854. The lowest BCUT2D eigenvalue weighted by Gasteiger charge is -2.15. The SMILES string of the molecule is CC(Oc1ccc(N=C=O)cc1)C(=O)OCCOCCOC(=O)C(C)Oc1ccc(OC#N)cc1. The van der Waals surface area contributed by atoms with Gasteiger partial charge in [-0.25, -0.2) is 14.4 Å². The second-order valence-corrected chi connectivity index (χ2v) is 6.83. The number of carbonyl (C=O) groups is 2. The van der Waals surface area contributed by atoms with Crippen LogP contribution in [0, 0.1) is 11.5 Å². The molecule has 0 aliphatic carbocycles. The fourth-order valence-corrected chi connectivity index (χ4v) is 2.53. The molecule has 0 saturated heterocycles. The highest BCUT2D eigenvalue weighted by atomic mass is 16.6. The van der Waals surface area contributed by atoms with E-state index < -0.39 is 24.1 Å². The topological polar surface area (TPSA) is 143 Å². The van der Waals surface area contributed by atoms with Gasteiger partial charge in [0.15, 0.2) is 12.2 Å². The molecule has 2 aromatic carbocycles. The van der Waals surface area contributed by atoms with Gasteiger partial charge in [-0.15, -0.1) is 5.26 Å². The molecule has 184 valence electrons. The number of ether oxygens (including phenoxy) is 6. The van der Waals surface area contributed by atoms with E-state index in [0.717, 1.165) is 0 Å². The zero-order chi connectivity index (χ0) is 25.5. The molecule has 0 bridgehead atoms. The van der Waals surface area contributed by atoms with E-state index in [1.807, 2.05) is 0 Å². The molecule has 0 radical (unpaired) electrons. The van der Waals surface area contributed by atoms with Crippen LogP contribution in [-0.2, 0) is 28.6 Å². The Labute approximate surface area is 201 Å². The summed E-state index contributed by atoms with van der Waals surface area (Å²) in [6, 6.07) is 12.4. The molecule has 2 aromatic rings. The quantitative estimate of drug-likeness (QED) is 0.129. The Morgan fingerprint density at radius 2 is 1.26 bits per heavy atom. The molecule has 35 heavy (non-hydrogen) atoms. The maximum Gasteiger partial charge on any atom is 0.347 e. The third kappa shape index (κ3) is 9.96. The van der Waals surface area contributed by atoms with Gasteiger partial charge in [0.2, 0.25) is 6.08 Å². The van der Waals surface area contributed by atoms with Gasteiger partial charge in [0.25, 0.3) is 6.26 Å². The lowest BCUT2D eigenvalue weighted by atomic mass is 10.3. The Kier molecular flexibility index (Phi) is 11.3. The molecule has 0 fully saturated rings. The third-order valence-electron chi connectivity index (χ3n) is 4.23. The molecule has 0 amide bonds. The Bertz CT molecular complexity index is 1040. The normalized spacial score (nSPS) is 11.7. The van der Waals surface area contributed by atoms with E-state index in [2.05, 4.69) is 9.73 Å². The Morgan fingerprint density at radius 1 is 0.800 bits per heavy atom. The summed E-state index contributed by atoms with van der Waals surface area (Å²) in [5, 5.41) is 8.46. The number of benzene rings is 2. The highest BCUT2D eigenvalue weighted by Gasteiger charge is 2.17. The molecular weight excluding hydrogens is 460 g/mol. The highest BCUT2D eigenvalue weighted by molar-refractivity contribution is 5.75. The third-order valence-corrected chi connectivity index (χ3v) is 4.23. The number of carbonyl (C=O) groups excluding carboxylic acids is 3. The van der Waals surface area contributed by atoms with Gasteiger partial charge in [-0.05, 0) is 62.4 Å². The van der Waals surface area contributed by atoms with E-state index in [-0.39, 0.29) is 26.4 Å². The molecule has 0 heterocycles. The van der Waals surface area contributed by atoms with E-state index in [9.17, 15) is 14.4 Å². The number of isocyanates is 1. The summed E-state index contributed by atoms with van der Waals surface area (Å²) in [5.74, 6) is 0.0421. The summed E-state index contributed by atoms with van der Waals surface area (Å²) in [6.45, 7) is 3.30. The second kappa shape index (κ2) is 14.7.